The number of ether oxygens (including phenoxy) is 2. The van der Waals surface area contributed by atoms with Gasteiger partial charge in [-0.05, 0) is 50.8 Å². The summed E-state index contributed by atoms with van der Waals surface area (Å²) in [5.41, 5.74) is 4.49. The molecule has 10 heteroatoms. The maximum atomic E-state index is 13.4. The van der Waals surface area contributed by atoms with Crippen molar-refractivity contribution in [2.45, 2.75) is 58.5 Å². The van der Waals surface area contributed by atoms with Gasteiger partial charge in [0.25, 0.3) is 0 Å². The van der Waals surface area contributed by atoms with Crippen molar-refractivity contribution in [1.29, 1.82) is 0 Å². The number of nitrogens with zero attached hydrogens (tertiary/aromatic N) is 3. The number of hydrogen-bond donors (Lipinski definition) is 1. The maximum Gasteiger partial charge on any atom is 0.242 e. The molecule has 192 valence electrons. The highest BCUT2D eigenvalue weighted by Gasteiger charge is 2.31. The molecule has 0 unspecified atom stereocenters. The first-order valence-corrected chi connectivity index (χ1v) is 13.9. The van der Waals surface area contributed by atoms with Crippen LogP contribution in [0, 0.1) is 13.8 Å². The Bertz CT molecular complexity index is 1190. The van der Waals surface area contributed by atoms with E-state index in [0.29, 0.717) is 37.6 Å². The minimum atomic E-state index is -0.510. The number of benzene rings is 1. The fourth-order valence-corrected chi connectivity index (χ4v) is 5.66. The van der Waals surface area contributed by atoms with E-state index in [0.717, 1.165) is 41.2 Å². The van der Waals surface area contributed by atoms with Crippen LogP contribution in [0.25, 0.3) is 0 Å². The van der Waals surface area contributed by atoms with E-state index >= 15 is 0 Å². The summed E-state index contributed by atoms with van der Waals surface area (Å²) in [5, 5.41) is 5.78. The minimum absolute atomic E-state index is 0.0967. The minimum Gasteiger partial charge on any atom is -0.493 e. The van der Waals surface area contributed by atoms with Crippen molar-refractivity contribution in [1.82, 2.24) is 20.2 Å². The average molecular weight is 529 g/mol. The molecule has 0 radical (unpaired) electrons. The van der Waals surface area contributed by atoms with Crippen LogP contribution >= 0.6 is 22.7 Å². The van der Waals surface area contributed by atoms with E-state index in [4.69, 9.17) is 9.47 Å². The first-order chi connectivity index (χ1) is 17.4. The van der Waals surface area contributed by atoms with Crippen LogP contribution in [0.15, 0.2) is 29.1 Å². The molecular weight excluding hydrogens is 496 g/mol. The SMILES string of the molecule is COc1cc(CN(C(=O)Cc2csc(C)n2)[C@H]2CCCCNC2=O)ccc1OCCc1scnc1C. The van der Waals surface area contributed by atoms with Crippen LogP contribution in [0.1, 0.15) is 46.1 Å². The Morgan fingerprint density at radius 3 is 2.81 bits per heavy atom. The molecule has 2 aromatic heterocycles. The lowest BCUT2D eigenvalue weighted by Gasteiger charge is -2.30. The first-order valence-electron chi connectivity index (χ1n) is 12.1. The third-order valence-electron chi connectivity index (χ3n) is 6.21. The molecule has 1 aliphatic heterocycles. The Labute approximate surface area is 219 Å². The van der Waals surface area contributed by atoms with Gasteiger partial charge in [0.2, 0.25) is 11.8 Å². The van der Waals surface area contributed by atoms with Crippen molar-refractivity contribution in [2.24, 2.45) is 0 Å². The van der Waals surface area contributed by atoms with Gasteiger partial charge in [-0.3, -0.25) is 9.59 Å². The maximum absolute atomic E-state index is 13.4. The predicted octanol–water partition coefficient (Wildman–Crippen LogP) is 4.09. The molecule has 3 heterocycles. The Morgan fingerprint density at radius 1 is 1.22 bits per heavy atom. The third kappa shape index (κ3) is 6.61. The highest BCUT2D eigenvalue weighted by molar-refractivity contribution is 7.09. The van der Waals surface area contributed by atoms with E-state index in [1.54, 1.807) is 23.3 Å². The normalized spacial score (nSPS) is 15.8. The summed E-state index contributed by atoms with van der Waals surface area (Å²) in [7, 11) is 1.60. The van der Waals surface area contributed by atoms with Crippen molar-refractivity contribution in [2.75, 3.05) is 20.3 Å². The Balaban J connectivity index is 1.50. The van der Waals surface area contributed by atoms with Gasteiger partial charge in [-0.25, -0.2) is 9.97 Å². The molecule has 2 amide bonds. The summed E-state index contributed by atoms with van der Waals surface area (Å²) < 4.78 is 11.6. The van der Waals surface area contributed by atoms with Crippen molar-refractivity contribution in [3.63, 3.8) is 0 Å². The number of hydrogen-bond acceptors (Lipinski definition) is 8. The van der Waals surface area contributed by atoms with E-state index in [9.17, 15) is 9.59 Å². The van der Waals surface area contributed by atoms with Crippen molar-refractivity contribution < 1.29 is 19.1 Å². The zero-order chi connectivity index (χ0) is 25.5. The number of carbonyl (C=O) groups excluding carboxylic acids is 2. The van der Waals surface area contributed by atoms with Crippen LogP contribution < -0.4 is 14.8 Å². The predicted molar refractivity (Wildman–Crippen MR) is 141 cm³/mol. The summed E-state index contributed by atoms with van der Waals surface area (Å²) >= 11 is 3.15. The van der Waals surface area contributed by atoms with E-state index in [1.165, 1.54) is 16.2 Å². The molecule has 3 aromatic rings. The van der Waals surface area contributed by atoms with Gasteiger partial charge in [0.1, 0.15) is 6.04 Å². The zero-order valence-corrected chi connectivity index (χ0v) is 22.5. The van der Waals surface area contributed by atoms with Crippen molar-refractivity contribution >= 4 is 34.5 Å². The molecule has 8 nitrogen and oxygen atoms in total. The second-order valence-corrected chi connectivity index (χ2v) is 10.8. The smallest absolute Gasteiger partial charge is 0.242 e. The van der Waals surface area contributed by atoms with Crippen molar-refractivity contribution in [3.05, 3.63) is 55.9 Å². The van der Waals surface area contributed by atoms with Crippen LogP contribution in [-0.4, -0.2) is 53.0 Å². The molecular formula is C26H32N4O4S2. The second-order valence-electron chi connectivity index (χ2n) is 8.80. The molecule has 0 aliphatic carbocycles. The van der Waals surface area contributed by atoms with Gasteiger partial charge in [0, 0.05) is 29.8 Å². The largest absolute Gasteiger partial charge is 0.493 e. The number of nitrogens with one attached hydrogen (secondary N) is 1. The number of methoxy groups -OCH3 is 1. The van der Waals surface area contributed by atoms with Gasteiger partial charge in [-0.1, -0.05) is 6.07 Å². The molecule has 1 aromatic carbocycles. The number of thiazole rings is 2. The topological polar surface area (TPSA) is 93.7 Å². The van der Waals surface area contributed by atoms with Gasteiger partial charge in [-0.15, -0.1) is 22.7 Å². The van der Waals surface area contributed by atoms with E-state index in [1.807, 2.05) is 42.9 Å². The molecule has 1 fully saturated rings. The lowest BCUT2D eigenvalue weighted by molar-refractivity contribution is -0.140. The molecule has 0 bridgehead atoms. The number of aromatic nitrogens is 2. The van der Waals surface area contributed by atoms with Gasteiger partial charge < -0.3 is 19.7 Å². The second kappa shape index (κ2) is 12.3. The quantitative estimate of drug-likeness (QED) is 0.426. The average Bonchev–Trinajstić information content (AvgIpc) is 3.40. The highest BCUT2D eigenvalue weighted by Crippen LogP contribution is 2.30. The van der Waals surface area contributed by atoms with Gasteiger partial charge in [0.15, 0.2) is 11.5 Å². The van der Waals surface area contributed by atoms with E-state index in [2.05, 4.69) is 15.3 Å². The monoisotopic (exact) mass is 528 g/mol. The summed E-state index contributed by atoms with van der Waals surface area (Å²) in [6.07, 6.45) is 3.39. The molecule has 0 saturated carbocycles. The fraction of sp³-hybridized carbons (Fsp3) is 0.462. The molecule has 1 atom stereocenters. The van der Waals surface area contributed by atoms with E-state index < -0.39 is 6.04 Å². The fourth-order valence-electron chi connectivity index (χ4n) is 4.28. The molecule has 1 aliphatic rings. The lowest BCUT2D eigenvalue weighted by atomic mass is 10.1. The lowest BCUT2D eigenvalue weighted by Crippen LogP contribution is -2.48. The number of aryl methyl sites for hydroxylation is 2. The van der Waals surface area contributed by atoms with E-state index in [-0.39, 0.29) is 18.2 Å². The summed E-state index contributed by atoms with van der Waals surface area (Å²) in [4.78, 5) is 37.9. The molecule has 4 rings (SSSR count). The highest BCUT2D eigenvalue weighted by atomic mass is 32.1. The molecule has 1 saturated heterocycles. The van der Waals surface area contributed by atoms with Gasteiger partial charge in [-0.2, -0.15) is 0 Å². The third-order valence-corrected chi connectivity index (χ3v) is 8.03. The summed E-state index contributed by atoms with van der Waals surface area (Å²) in [6.45, 7) is 5.38. The Morgan fingerprint density at radius 2 is 2.08 bits per heavy atom. The standard InChI is InChI=1S/C26H32N4O4S2/c1-17-24(36-16-28-17)9-11-34-22-8-7-19(12-23(22)33-3)14-30(21-6-4-5-10-27-26(21)32)25(31)13-20-15-35-18(2)29-20/h7-8,12,15-16,21H,4-6,9-11,13-14H2,1-3H3,(H,27,32)/t21-/m0/s1. The van der Waals surface area contributed by atoms with Crippen LogP contribution in [0.5, 0.6) is 11.5 Å². The molecule has 0 spiro atoms. The molecule has 1 N–H and O–H groups in total. The van der Waals surface area contributed by atoms with Gasteiger partial charge >= 0.3 is 0 Å². The van der Waals surface area contributed by atoms with Gasteiger partial charge in [0.05, 0.1) is 42.0 Å². The van der Waals surface area contributed by atoms with Crippen LogP contribution in [0.4, 0.5) is 0 Å². The van der Waals surface area contributed by atoms with Crippen LogP contribution in [0.3, 0.4) is 0 Å². The van der Waals surface area contributed by atoms with Crippen LogP contribution in [0.2, 0.25) is 0 Å². The zero-order valence-electron chi connectivity index (χ0n) is 20.9. The summed E-state index contributed by atoms with van der Waals surface area (Å²) in [5.74, 6) is 1.04. The number of rotatable bonds is 10. The summed E-state index contributed by atoms with van der Waals surface area (Å²) in [6, 6.07) is 5.17. The Hall–Kier alpha value is -2.98. The molecule has 36 heavy (non-hydrogen) atoms. The van der Waals surface area contributed by atoms with Crippen molar-refractivity contribution in [3.8, 4) is 11.5 Å². The Kier molecular flexibility index (Phi) is 8.93. The number of amides is 2. The van der Waals surface area contributed by atoms with Crippen LogP contribution in [-0.2, 0) is 29.0 Å². The number of carbonyl (C=O) groups is 2. The first kappa shape index (κ1) is 26.1.